The Hall–Kier alpha value is -1.10. The number of benzene rings is 1. The molecule has 112 valence electrons. The summed E-state index contributed by atoms with van der Waals surface area (Å²) in [5.41, 5.74) is -0.727. The van der Waals surface area contributed by atoms with Gasteiger partial charge in [-0.25, -0.2) is 4.39 Å². The van der Waals surface area contributed by atoms with E-state index in [1.165, 1.54) is 6.07 Å². The molecule has 2 rings (SSSR count). The average Bonchev–Trinajstić information content (AvgIpc) is 2.68. The summed E-state index contributed by atoms with van der Waals surface area (Å²) >= 11 is 0. The molecule has 0 heterocycles. The Morgan fingerprint density at radius 1 is 1.20 bits per heavy atom. The lowest BCUT2D eigenvalue weighted by Gasteiger charge is -2.20. The van der Waals surface area contributed by atoms with Crippen LogP contribution in [0.2, 0.25) is 0 Å². The van der Waals surface area contributed by atoms with Gasteiger partial charge in [0.25, 0.3) is 0 Å². The lowest BCUT2D eigenvalue weighted by atomic mass is 9.97. The monoisotopic (exact) mass is 289 g/mol. The third-order valence-corrected chi connectivity index (χ3v) is 4.37. The molecule has 0 radical (unpaired) electrons. The van der Waals surface area contributed by atoms with E-state index in [0.29, 0.717) is 30.0 Å². The van der Waals surface area contributed by atoms with E-state index in [4.69, 9.17) is 0 Å². The van der Waals surface area contributed by atoms with Gasteiger partial charge in [-0.1, -0.05) is 19.9 Å². The molecule has 1 saturated carbocycles. The fourth-order valence-corrected chi connectivity index (χ4v) is 2.80. The molecule has 1 aliphatic rings. The average molecular weight is 289 g/mol. The van der Waals surface area contributed by atoms with Gasteiger partial charge < -0.3 is 5.32 Å². The molecule has 1 nitrogen and oxygen atoms in total. The predicted molar refractivity (Wildman–Crippen MR) is 69.6 cm³/mol. The van der Waals surface area contributed by atoms with E-state index in [1.54, 1.807) is 0 Å². The first kappa shape index (κ1) is 15.3. The summed E-state index contributed by atoms with van der Waals surface area (Å²) in [6, 6.07) is 3.51. The summed E-state index contributed by atoms with van der Waals surface area (Å²) in [6.45, 7) is 4.68. The molecule has 1 N–H and O–H groups in total. The normalized spacial score (nSPS) is 27.0. The minimum atomic E-state index is -4.64. The maximum absolute atomic E-state index is 13.2. The summed E-state index contributed by atoms with van der Waals surface area (Å²) in [5.74, 6) is -0.0758. The lowest BCUT2D eigenvalue weighted by Crippen LogP contribution is -2.32. The van der Waals surface area contributed by atoms with Crippen LogP contribution >= 0.6 is 0 Å². The van der Waals surface area contributed by atoms with E-state index in [2.05, 4.69) is 19.2 Å². The van der Waals surface area contributed by atoms with Crippen molar-refractivity contribution in [3.63, 3.8) is 0 Å². The van der Waals surface area contributed by atoms with E-state index < -0.39 is 17.6 Å². The molecular formula is C15H19F4N. The first-order valence-electron chi connectivity index (χ1n) is 6.88. The van der Waals surface area contributed by atoms with E-state index in [1.807, 2.05) is 0 Å². The fraction of sp³-hybridized carbons (Fsp3) is 0.600. The van der Waals surface area contributed by atoms with Crippen LogP contribution in [0.1, 0.15) is 37.8 Å². The number of hydrogen-bond donors (Lipinski definition) is 1. The van der Waals surface area contributed by atoms with Crippen LogP contribution in [0.3, 0.4) is 0 Å². The van der Waals surface area contributed by atoms with Crippen molar-refractivity contribution in [3.8, 4) is 0 Å². The van der Waals surface area contributed by atoms with Crippen LogP contribution in [0.25, 0.3) is 0 Å². The van der Waals surface area contributed by atoms with Gasteiger partial charge in [-0.15, -0.1) is 0 Å². The Bertz CT molecular complexity index is 469. The van der Waals surface area contributed by atoms with Crippen molar-refractivity contribution in [2.75, 3.05) is 0 Å². The molecule has 0 aliphatic heterocycles. The van der Waals surface area contributed by atoms with Crippen LogP contribution in [0, 0.1) is 17.7 Å². The number of halogens is 4. The first-order valence-corrected chi connectivity index (χ1v) is 6.88. The topological polar surface area (TPSA) is 12.0 Å². The molecule has 0 amide bonds. The first-order chi connectivity index (χ1) is 9.29. The molecule has 3 unspecified atom stereocenters. The van der Waals surface area contributed by atoms with Gasteiger partial charge in [-0.2, -0.15) is 13.2 Å². The molecule has 5 heteroatoms. The maximum Gasteiger partial charge on any atom is 0.419 e. The van der Waals surface area contributed by atoms with Gasteiger partial charge in [0.15, 0.2) is 0 Å². The Morgan fingerprint density at radius 2 is 1.90 bits per heavy atom. The number of rotatable bonds is 3. The second kappa shape index (κ2) is 5.72. The second-order valence-electron chi connectivity index (χ2n) is 5.71. The Balaban J connectivity index is 2.04. The predicted octanol–water partition coefficient (Wildman–Crippen LogP) is 4.37. The highest BCUT2D eigenvalue weighted by atomic mass is 19.4. The summed E-state index contributed by atoms with van der Waals surface area (Å²) in [5, 5.41) is 3.29. The van der Waals surface area contributed by atoms with Crippen LogP contribution in [-0.4, -0.2) is 6.04 Å². The third-order valence-electron chi connectivity index (χ3n) is 4.37. The molecule has 0 bridgehead atoms. The zero-order valence-corrected chi connectivity index (χ0v) is 11.6. The highest BCUT2D eigenvalue weighted by Gasteiger charge is 2.34. The van der Waals surface area contributed by atoms with Crippen LogP contribution in [0.5, 0.6) is 0 Å². The SMILES string of the molecule is CC1CCC(NCc2ccc(F)c(C(F)(F)F)c2)C1C. The van der Waals surface area contributed by atoms with Crippen molar-refractivity contribution in [2.24, 2.45) is 11.8 Å². The van der Waals surface area contributed by atoms with Gasteiger partial charge in [0.05, 0.1) is 5.56 Å². The van der Waals surface area contributed by atoms with Crippen molar-refractivity contribution in [1.29, 1.82) is 0 Å². The number of nitrogens with one attached hydrogen (secondary N) is 1. The summed E-state index contributed by atoms with van der Waals surface area (Å²) in [7, 11) is 0. The second-order valence-corrected chi connectivity index (χ2v) is 5.71. The van der Waals surface area contributed by atoms with Crippen LogP contribution in [0.15, 0.2) is 18.2 Å². The molecule has 1 aromatic rings. The van der Waals surface area contributed by atoms with E-state index in [9.17, 15) is 17.6 Å². The Kier molecular flexibility index (Phi) is 4.37. The number of alkyl halides is 3. The zero-order chi connectivity index (χ0) is 14.9. The Labute approximate surface area is 116 Å². The molecule has 20 heavy (non-hydrogen) atoms. The van der Waals surface area contributed by atoms with Crippen LogP contribution in [-0.2, 0) is 12.7 Å². The smallest absolute Gasteiger partial charge is 0.310 e. The molecule has 1 aliphatic carbocycles. The molecule has 1 aromatic carbocycles. The largest absolute Gasteiger partial charge is 0.419 e. The lowest BCUT2D eigenvalue weighted by molar-refractivity contribution is -0.140. The number of hydrogen-bond acceptors (Lipinski definition) is 1. The summed E-state index contributed by atoms with van der Waals surface area (Å²) < 4.78 is 51.0. The molecule has 1 fully saturated rings. The molecular weight excluding hydrogens is 270 g/mol. The van der Waals surface area contributed by atoms with Gasteiger partial charge >= 0.3 is 6.18 Å². The molecule has 3 atom stereocenters. The van der Waals surface area contributed by atoms with Crippen LogP contribution < -0.4 is 5.32 Å². The van der Waals surface area contributed by atoms with Gasteiger partial charge in [-0.3, -0.25) is 0 Å². The van der Waals surface area contributed by atoms with E-state index in [-0.39, 0.29) is 0 Å². The van der Waals surface area contributed by atoms with Gasteiger partial charge in [0.1, 0.15) is 5.82 Å². The molecule has 0 aromatic heterocycles. The van der Waals surface area contributed by atoms with E-state index >= 15 is 0 Å². The van der Waals surface area contributed by atoms with Crippen molar-refractivity contribution >= 4 is 0 Å². The maximum atomic E-state index is 13.2. The van der Waals surface area contributed by atoms with E-state index in [0.717, 1.165) is 25.0 Å². The third kappa shape index (κ3) is 3.32. The van der Waals surface area contributed by atoms with Crippen LogP contribution in [0.4, 0.5) is 17.6 Å². The van der Waals surface area contributed by atoms with Gasteiger partial charge in [0.2, 0.25) is 0 Å². The molecule has 0 saturated heterocycles. The van der Waals surface area contributed by atoms with Crippen molar-refractivity contribution in [2.45, 2.75) is 45.5 Å². The summed E-state index contributed by atoms with van der Waals surface area (Å²) in [6.07, 6.45) is -2.47. The zero-order valence-electron chi connectivity index (χ0n) is 11.6. The van der Waals surface area contributed by atoms with Gasteiger partial charge in [-0.05, 0) is 42.4 Å². The standard InChI is InChI=1S/C15H19F4N/c1-9-3-6-14(10(9)2)20-8-11-4-5-13(16)12(7-11)15(17,18)19/h4-5,7,9-10,14,20H,3,6,8H2,1-2H3. The highest BCUT2D eigenvalue weighted by Crippen LogP contribution is 2.33. The van der Waals surface area contributed by atoms with Crippen molar-refractivity contribution < 1.29 is 17.6 Å². The van der Waals surface area contributed by atoms with Gasteiger partial charge in [0, 0.05) is 12.6 Å². The van der Waals surface area contributed by atoms with Crippen molar-refractivity contribution in [3.05, 3.63) is 35.1 Å². The molecule has 0 spiro atoms. The Morgan fingerprint density at radius 3 is 2.45 bits per heavy atom. The summed E-state index contributed by atoms with van der Waals surface area (Å²) in [4.78, 5) is 0. The highest BCUT2D eigenvalue weighted by molar-refractivity contribution is 5.27. The fourth-order valence-electron chi connectivity index (χ4n) is 2.80. The quantitative estimate of drug-likeness (QED) is 0.815. The minimum Gasteiger partial charge on any atom is -0.310 e. The minimum absolute atomic E-state index is 0.324. The van der Waals surface area contributed by atoms with Crippen molar-refractivity contribution in [1.82, 2.24) is 5.32 Å².